The zero-order chi connectivity index (χ0) is 13.3. The highest BCUT2D eigenvalue weighted by molar-refractivity contribution is 6.31. The van der Waals surface area contributed by atoms with Gasteiger partial charge in [0, 0.05) is 18.1 Å². The summed E-state index contributed by atoms with van der Waals surface area (Å²) in [6, 6.07) is 6.01. The average molecular weight is 268 g/mol. The van der Waals surface area contributed by atoms with E-state index in [0.717, 1.165) is 29.2 Å². The van der Waals surface area contributed by atoms with Crippen LogP contribution >= 0.6 is 11.6 Å². The van der Waals surface area contributed by atoms with Gasteiger partial charge in [-0.05, 0) is 44.0 Å². The van der Waals surface area contributed by atoms with Crippen LogP contribution in [0.3, 0.4) is 0 Å². The van der Waals surface area contributed by atoms with Crippen LogP contribution in [-0.4, -0.2) is 29.1 Å². The van der Waals surface area contributed by atoms with Crippen molar-refractivity contribution < 1.29 is 9.90 Å². The Balaban J connectivity index is 2.06. The first-order valence-electron chi connectivity index (χ1n) is 6.11. The van der Waals surface area contributed by atoms with Gasteiger partial charge >= 0.3 is 5.97 Å². The summed E-state index contributed by atoms with van der Waals surface area (Å²) in [6.07, 6.45) is 0.700. The molecule has 1 aliphatic rings. The second-order valence-electron chi connectivity index (χ2n) is 5.42. The molecule has 1 aromatic rings. The Morgan fingerprint density at radius 1 is 1.56 bits per heavy atom. The Labute approximate surface area is 112 Å². The fourth-order valence-corrected chi connectivity index (χ4v) is 2.68. The first kappa shape index (κ1) is 13.4. The van der Waals surface area contributed by atoms with Crippen LogP contribution in [0.1, 0.15) is 24.5 Å². The zero-order valence-electron chi connectivity index (χ0n) is 10.7. The summed E-state index contributed by atoms with van der Waals surface area (Å²) < 4.78 is 0. The van der Waals surface area contributed by atoms with Crippen molar-refractivity contribution in [1.29, 1.82) is 0 Å². The van der Waals surface area contributed by atoms with Gasteiger partial charge in [-0.25, -0.2) is 0 Å². The fraction of sp³-hybridized carbons (Fsp3) is 0.500. The second-order valence-corrected chi connectivity index (χ2v) is 5.83. The third-order valence-corrected chi connectivity index (χ3v) is 4.02. The molecule has 0 saturated carbocycles. The van der Waals surface area contributed by atoms with Gasteiger partial charge in [0.25, 0.3) is 0 Å². The monoisotopic (exact) mass is 267 g/mol. The molecule has 98 valence electrons. The summed E-state index contributed by atoms with van der Waals surface area (Å²) in [7, 11) is 0. The molecule has 0 bridgehead atoms. The molecule has 3 nitrogen and oxygen atoms in total. The van der Waals surface area contributed by atoms with Crippen LogP contribution in [0.4, 0.5) is 0 Å². The smallest absolute Gasteiger partial charge is 0.310 e. The van der Waals surface area contributed by atoms with Gasteiger partial charge in [-0.3, -0.25) is 9.69 Å². The van der Waals surface area contributed by atoms with Crippen molar-refractivity contribution in [3.63, 3.8) is 0 Å². The highest BCUT2D eigenvalue weighted by Gasteiger charge is 2.40. The number of nitrogens with zero attached hydrogens (tertiary/aromatic N) is 1. The van der Waals surface area contributed by atoms with Crippen LogP contribution in [-0.2, 0) is 11.3 Å². The van der Waals surface area contributed by atoms with Crippen molar-refractivity contribution in [2.75, 3.05) is 13.1 Å². The number of hydrogen-bond donors (Lipinski definition) is 1. The lowest BCUT2D eigenvalue weighted by Crippen LogP contribution is -2.31. The molecule has 1 aliphatic heterocycles. The largest absolute Gasteiger partial charge is 0.481 e. The molecule has 1 atom stereocenters. The van der Waals surface area contributed by atoms with Gasteiger partial charge in [0.05, 0.1) is 5.41 Å². The second kappa shape index (κ2) is 4.90. The lowest BCUT2D eigenvalue weighted by Gasteiger charge is -2.20. The van der Waals surface area contributed by atoms with Gasteiger partial charge < -0.3 is 5.11 Å². The van der Waals surface area contributed by atoms with Crippen molar-refractivity contribution in [2.45, 2.75) is 26.8 Å². The van der Waals surface area contributed by atoms with Gasteiger partial charge in [-0.1, -0.05) is 23.7 Å². The van der Waals surface area contributed by atoms with Crippen molar-refractivity contribution in [3.05, 3.63) is 34.3 Å². The summed E-state index contributed by atoms with van der Waals surface area (Å²) >= 11 is 6.20. The quantitative estimate of drug-likeness (QED) is 0.915. The highest BCUT2D eigenvalue weighted by atomic mass is 35.5. The standard InChI is InChI=1S/C14H18ClNO2/c1-10-3-4-11(12(15)7-10)8-16-6-5-14(2,9-16)13(17)18/h3-4,7H,5-6,8-9H2,1-2H3,(H,17,18). The number of halogens is 1. The Kier molecular flexibility index (Phi) is 3.64. The Morgan fingerprint density at radius 3 is 2.83 bits per heavy atom. The molecule has 1 heterocycles. The molecule has 1 saturated heterocycles. The van der Waals surface area contributed by atoms with Crippen LogP contribution in [0, 0.1) is 12.3 Å². The predicted octanol–water partition coefficient (Wildman–Crippen LogP) is 2.95. The van der Waals surface area contributed by atoms with E-state index in [2.05, 4.69) is 4.90 Å². The molecular formula is C14H18ClNO2. The van der Waals surface area contributed by atoms with E-state index in [-0.39, 0.29) is 0 Å². The Hall–Kier alpha value is -1.06. The van der Waals surface area contributed by atoms with Crippen LogP contribution in [0.5, 0.6) is 0 Å². The Bertz CT molecular complexity index is 475. The minimum atomic E-state index is -0.708. The first-order chi connectivity index (χ1) is 8.40. The van der Waals surface area contributed by atoms with E-state index < -0.39 is 11.4 Å². The number of likely N-dealkylation sites (tertiary alicyclic amines) is 1. The number of benzene rings is 1. The van der Waals surface area contributed by atoms with Gasteiger partial charge in [0.1, 0.15) is 0 Å². The molecule has 18 heavy (non-hydrogen) atoms. The number of carboxylic acid groups (broad SMARTS) is 1. The number of carbonyl (C=O) groups is 1. The molecule has 4 heteroatoms. The van der Waals surface area contributed by atoms with Crippen molar-refractivity contribution in [3.8, 4) is 0 Å². The molecule has 1 fully saturated rings. The molecule has 0 aliphatic carbocycles. The normalized spacial score (nSPS) is 24.4. The summed E-state index contributed by atoms with van der Waals surface area (Å²) in [4.78, 5) is 13.3. The maximum Gasteiger partial charge on any atom is 0.310 e. The minimum absolute atomic E-state index is 0.590. The molecule has 1 N–H and O–H groups in total. The summed E-state index contributed by atoms with van der Waals surface area (Å²) in [5.74, 6) is -0.708. The average Bonchev–Trinajstić information content (AvgIpc) is 2.66. The minimum Gasteiger partial charge on any atom is -0.481 e. The molecule has 0 amide bonds. The highest BCUT2D eigenvalue weighted by Crippen LogP contribution is 2.32. The van der Waals surface area contributed by atoms with Crippen molar-refractivity contribution in [2.24, 2.45) is 5.41 Å². The van der Waals surface area contributed by atoms with Crippen LogP contribution in [0.2, 0.25) is 5.02 Å². The SMILES string of the molecule is Cc1ccc(CN2CCC(C)(C(=O)O)C2)c(Cl)c1. The van der Waals surface area contributed by atoms with E-state index in [1.807, 2.05) is 32.0 Å². The van der Waals surface area contributed by atoms with Crippen molar-refractivity contribution in [1.82, 2.24) is 4.90 Å². The van der Waals surface area contributed by atoms with Gasteiger partial charge in [-0.2, -0.15) is 0 Å². The van der Waals surface area contributed by atoms with Gasteiger partial charge in [0.15, 0.2) is 0 Å². The van der Waals surface area contributed by atoms with Crippen LogP contribution in [0.15, 0.2) is 18.2 Å². The third kappa shape index (κ3) is 2.68. The predicted molar refractivity (Wildman–Crippen MR) is 71.8 cm³/mol. The topological polar surface area (TPSA) is 40.5 Å². The molecule has 1 unspecified atom stereocenters. The van der Waals surface area contributed by atoms with E-state index in [0.29, 0.717) is 13.0 Å². The van der Waals surface area contributed by atoms with Gasteiger partial charge in [0.2, 0.25) is 0 Å². The molecule has 0 spiro atoms. The maximum absolute atomic E-state index is 11.2. The van der Waals surface area contributed by atoms with Gasteiger partial charge in [-0.15, -0.1) is 0 Å². The van der Waals surface area contributed by atoms with Crippen LogP contribution < -0.4 is 0 Å². The van der Waals surface area contributed by atoms with Crippen molar-refractivity contribution >= 4 is 17.6 Å². The molecule has 0 aromatic heterocycles. The summed E-state index contributed by atoms with van der Waals surface area (Å²) in [6.45, 7) is 5.95. The number of rotatable bonds is 3. The fourth-order valence-electron chi connectivity index (χ4n) is 2.39. The zero-order valence-corrected chi connectivity index (χ0v) is 11.5. The Morgan fingerprint density at radius 2 is 2.28 bits per heavy atom. The summed E-state index contributed by atoms with van der Waals surface area (Å²) in [5, 5.41) is 9.96. The number of aliphatic carboxylic acids is 1. The molecular weight excluding hydrogens is 250 g/mol. The van der Waals surface area contributed by atoms with E-state index >= 15 is 0 Å². The first-order valence-corrected chi connectivity index (χ1v) is 6.49. The molecule has 2 rings (SSSR count). The number of aryl methyl sites for hydroxylation is 1. The number of hydrogen-bond acceptors (Lipinski definition) is 2. The molecule has 0 radical (unpaired) electrons. The van der Waals surface area contributed by atoms with E-state index in [1.54, 1.807) is 0 Å². The van der Waals surface area contributed by atoms with E-state index in [1.165, 1.54) is 0 Å². The lowest BCUT2D eigenvalue weighted by molar-refractivity contribution is -0.147. The van der Waals surface area contributed by atoms with Crippen LogP contribution in [0.25, 0.3) is 0 Å². The molecule has 1 aromatic carbocycles. The summed E-state index contributed by atoms with van der Waals surface area (Å²) in [5.41, 5.74) is 1.59. The third-order valence-electron chi connectivity index (χ3n) is 3.67. The van der Waals surface area contributed by atoms with E-state index in [4.69, 9.17) is 11.6 Å². The maximum atomic E-state index is 11.2. The lowest BCUT2D eigenvalue weighted by atomic mass is 9.90. The van der Waals surface area contributed by atoms with E-state index in [9.17, 15) is 9.90 Å². The number of carboxylic acids is 1.